The van der Waals surface area contributed by atoms with E-state index in [2.05, 4.69) is 34.5 Å². The quantitative estimate of drug-likeness (QED) is 0.215. The zero-order valence-electron chi connectivity index (χ0n) is 23.2. The summed E-state index contributed by atoms with van der Waals surface area (Å²) >= 11 is 0. The summed E-state index contributed by atoms with van der Waals surface area (Å²) in [6.07, 6.45) is 0. The molecule has 0 fully saturated rings. The minimum absolute atomic E-state index is 0.194. The van der Waals surface area contributed by atoms with E-state index in [0.29, 0.717) is 11.1 Å². The van der Waals surface area contributed by atoms with Crippen LogP contribution in [0.1, 0.15) is 0 Å². The van der Waals surface area contributed by atoms with Crippen molar-refractivity contribution in [2.45, 2.75) is 19.6 Å². The first-order valence-corrected chi connectivity index (χ1v) is 17.0. The van der Waals surface area contributed by atoms with Gasteiger partial charge >= 0.3 is 0 Å². The van der Waals surface area contributed by atoms with E-state index in [9.17, 15) is 16.8 Å². The molecule has 2 heterocycles. The highest BCUT2D eigenvalue weighted by atomic mass is 32.2. The zero-order valence-corrected chi connectivity index (χ0v) is 24.8. The fourth-order valence-corrected chi connectivity index (χ4v) is 10.6. The summed E-state index contributed by atoms with van der Waals surface area (Å²) in [6.45, 7) is 0. The molecule has 6 aromatic rings. The van der Waals surface area contributed by atoms with Gasteiger partial charge in [0.25, 0.3) is 0 Å². The van der Waals surface area contributed by atoms with Crippen molar-refractivity contribution in [2.75, 3.05) is 10.2 Å². The van der Waals surface area contributed by atoms with Gasteiger partial charge in [0.2, 0.25) is 19.7 Å². The van der Waals surface area contributed by atoms with Crippen molar-refractivity contribution in [2.24, 2.45) is 0 Å². The Bertz CT molecular complexity index is 2350. The van der Waals surface area contributed by atoms with E-state index >= 15 is 0 Å². The van der Waals surface area contributed by atoms with E-state index in [1.807, 2.05) is 72.8 Å². The lowest BCUT2D eigenvalue weighted by Crippen LogP contribution is -2.20. The fourth-order valence-electron chi connectivity index (χ4n) is 6.27. The van der Waals surface area contributed by atoms with Crippen molar-refractivity contribution in [3.8, 4) is 22.3 Å². The molecule has 1 N–H and O–H groups in total. The van der Waals surface area contributed by atoms with Gasteiger partial charge in [0.05, 0.1) is 42.3 Å². The molecule has 214 valence electrons. The van der Waals surface area contributed by atoms with E-state index in [-0.39, 0.29) is 19.6 Å². The Morgan fingerprint density at radius 3 is 1.73 bits per heavy atom. The molecule has 0 amide bonds. The Morgan fingerprint density at radius 2 is 0.955 bits per heavy atom. The Hall–Kier alpha value is -5.18. The number of nitrogens with zero attached hydrogens (tertiary/aromatic N) is 1. The topological polar surface area (TPSA) is 83.5 Å². The summed E-state index contributed by atoms with van der Waals surface area (Å²) in [4.78, 5) is 1.40. The lowest BCUT2D eigenvalue weighted by atomic mass is 9.92. The Balaban J connectivity index is 1.38. The molecule has 2 aliphatic heterocycles. The predicted molar refractivity (Wildman–Crippen MR) is 173 cm³/mol. The van der Waals surface area contributed by atoms with Gasteiger partial charge in [-0.2, -0.15) is 0 Å². The van der Waals surface area contributed by atoms with E-state index in [0.717, 1.165) is 39.6 Å². The molecule has 2 aliphatic rings. The number of benzene rings is 6. The maximum Gasteiger partial charge on any atom is 0.209 e. The van der Waals surface area contributed by atoms with Crippen molar-refractivity contribution in [3.05, 3.63) is 140 Å². The highest BCUT2D eigenvalue weighted by Crippen LogP contribution is 2.53. The van der Waals surface area contributed by atoms with Crippen LogP contribution in [0, 0.1) is 0 Å². The summed E-state index contributed by atoms with van der Waals surface area (Å²) < 4.78 is 55.7. The van der Waals surface area contributed by atoms with Gasteiger partial charge in [-0.15, -0.1) is 0 Å². The van der Waals surface area contributed by atoms with Gasteiger partial charge in [0, 0.05) is 16.8 Å². The van der Waals surface area contributed by atoms with E-state index in [4.69, 9.17) is 0 Å². The minimum atomic E-state index is -4.16. The molecule has 6 nitrogen and oxygen atoms in total. The number of para-hydroxylation sites is 4. The molecule has 6 aromatic carbocycles. The maximum atomic E-state index is 14.1. The third-order valence-electron chi connectivity index (χ3n) is 8.18. The standard InChI is InChI=1S/C36H24N2O4S2/c39-43(40)32-21-8-9-22-33(32)44(41,42)36-28(17-11-23-34(36)43)26-15-5-4-14-25(26)27-16-10-20-31-35(27)37-29-18-6-7-19-30(29)38(31)24-12-2-1-3-13-24/h1-23,37H. The van der Waals surface area contributed by atoms with Crippen molar-refractivity contribution in [3.63, 3.8) is 0 Å². The highest BCUT2D eigenvalue weighted by Gasteiger charge is 2.41. The summed E-state index contributed by atoms with van der Waals surface area (Å²) in [7, 11) is -8.22. The van der Waals surface area contributed by atoms with Crippen molar-refractivity contribution >= 4 is 48.1 Å². The van der Waals surface area contributed by atoms with Crippen LogP contribution in [0.15, 0.2) is 159 Å². The van der Waals surface area contributed by atoms with Crippen LogP contribution in [0.4, 0.5) is 28.4 Å². The van der Waals surface area contributed by atoms with Gasteiger partial charge in [0.15, 0.2) is 0 Å². The molecule has 0 aliphatic carbocycles. The smallest absolute Gasteiger partial charge is 0.209 e. The van der Waals surface area contributed by atoms with Crippen LogP contribution in [0.25, 0.3) is 22.3 Å². The molecule has 0 radical (unpaired) electrons. The van der Waals surface area contributed by atoms with Crippen LogP contribution in [-0.4, -0.2) is 16.8 Å². The van der Waals surface area contributed by atoms with Crippen LogP contribution in [0.2, 0.25) is 0 Å². The SMILES string of the molecule is O=S1(=O)c2ccccc2S(=O)(=O)c2c(-c3ccccc3-c3cccc4c3Nc3ccccc3N4c3ccccc3)cccc21. The van der Waals surface area contributed by atoms with E-state index in [1.54, 1.807) is 24.3 Å². The number of hydrogen-bond donors (Lipinski definition) is 1. The van der Waals surface area contributed by atoms with Gasteiger partial charge in [-0.05, 0) is 59.7 Å². The third kappa shape index (κ3) is 3.78. The third-order valence-corrected chi connectivity index (χ3v) is 12.2. The summed E-state index contributed by atoms with van der Waals surface area (Å²) in [5, 5.41) is 3.63. The van der Waals surface area contributed by atoms with E-state index < -0.39 is 19.7 Å². The normalized spacial score (nSPS) is 15.2. The van der Waals surface area contributed by atoms with Gasteiger partial charge in [-0.1, -0.05) is 91.0 Å². The second-order valence-corrected chi connectivity index (χ2v) is 14.4. The van der Waals surface area contributed by atoms with Crippen LogP contribution in [-0.2, 0) is 19.7 Å². The van der Waals surface area contributed by atoms with Gasteiger partial charge in [-0.25, -0.2) is 16.8 Å². The summed E-state index contributed by atoms with van der Waals surface area (Å²) in [5.41, 5.74) is 7.29. The van der Waals surface area contributed by atoms with E-state index in [1.165, 1.54) is 18.2 Å². The van der Waals surface area contributed by atoms with Crippen LogP contribution < -0.4 is 10.2 Å². The summed E-state index contributed by atoms with van der Waals surface area (Å²) in [5.74, 6) is 0. The molecule has 0 spiro atoms. The molecule has 0 saturated carbocycles. The predicted octanol–water partition coefficient (Wildman–Crippen LogP) is 8.53. The number of fused-ring (bicyclic) bond motifs is 4. The van der Waals surface area contributed by atoms with Crippen molar-refractivity contribution in [1.82, 2.24) is 0 Å². The van der Waals surface area contributed by atoms with Gasteiger partial charge in [0.1, 0.15) is 0 Å². The zero-order chi connectivity index (χ0) is 30.1. The second kappa shape index (κ2) is 9.67. The molecule has 0 atom stereocenters. The van der Waals surface area contributed by atoms with Gasteiger partial charge in [-0.3, -0.25) is 0 Å². The highest BCUT2D eigenvalue weighted by molar-refractivity contribution is 7.97. The molecular weight excluding hydrogens is 589 g/mol. The van der Waals surface area contributed by atoms with Crippen LogP contribution in [0.3, 0.4) is 0 Å². The molecule has 8 heteroatoms. The molecule has 0 saturated heterocycles. The molecule has 0 aromatic heterocycles. The Kier molecular flexibility index (Phi) is 5.81. The lowest BCUT2D eigenvalue weighted by Gasteiger charge is -2.35. The van der Waals surface area contributed by atoms with Crippen LogP contribution >= 0.6 is 0 Å². The minimum Gasteiger partial charge on any atom is -0.352 e. The first-order chi connectivity index (χ1) is 21.4. The Labute approximate surface area is 255 Å². The number of rotatable bonds is 3. The van der Waals surface area contributed by atoms with Crippen molar-refractivity contribution in [1.29, 1.82) is 0 Å². The second-order valence-electron chi connectivity index (χ2n) is 10.6. The molecule has 44 heavy (non-hydrogen) atoms. The summed E-state index contributed by atoms with van der Waals surface area (Å²) in [6, 6.07) is 42.2. The molecular formula is C36H24N2O4S2. The number of nitrogens with one attached hydrogen (secondary N) is 1. The average molecular weight is 613 g/mol. The number of hydrogen-bond acceptors (Lipinski definition) is 6. The number of anilines is 5. The van der Waals surface area contributed by atoms with Gasteiger partial charge < -0.3 is 10.2 Å². The molecule has 0 bridgehead atoms. The molecule has 8 rings (SSSR count). The number of sulfone groups is 2. The molecule has 0 unspecified atom stereocenters. The monoisotopic (exact) mass is 612 g/mol. The maximum absolute atomic E-state index is 14.1. The average Bonchev–Trinajstić information content (AvgIpc) is 3.06. The fraction of sp³-hybridized carbons (Fsp3) is 0. The lowest BCUT2D eigenvalue weighted by molar-refractivity contribution is 0.570. The van der Waals surface area contributed by atoms with Crippen LogP contribution in [0.5, 0.6) is 0 Å². The first-order valence-electron chi connectivity index (χ1n) is 14.0. The largest absolute Gasteiger partial charge is 0.352 e. The first kappa shape index (κ1) is 26.4. The Morgan fingerprint density at radius 1 is 0.432 bits per heavy atom. The van der Waals surface area contributed by atoms with Crippen molar-refractivity contribution < 1.29 is 16.8 Å².